The second-order valence-electron chi connectivity index (χ2n) is 17.7. The van der Waals surface area contributed by atoms with Crippen LogP contribution in [0.5, 0.6) is 0 Å². The summed E-state index contributed by atoms with van der Waals surface area (Å²) < 4.78 is 0. The molecule has 0 unspecified atom stereocenters. The van der Waals surface area contributed by atoms with E-state index in [0.717, 1.165) is 22.7 Å². The molecule has 11 aromatic rings. The van der Waals surface area contributed by atoms with Gasteiger partial charge in [-0.05, 0) is 144 Å². The third-order valence-corrected chi connectivity index (χ3v) is 14.1. The maximum Gasteiger partial charge on any atom is 0.0755 e. The summed E-state index contributed by atoms with van der Waals surface area (Å²) >= 11 is 0. The van der Waals surface area contributed by atoms with Gasteiger partial charge in [0.25, 0.3) is 0 Å². The van der Waals surface area contributed by atoms with Crippen molar-refractivity contribution in [2.24, 2.45) is 0 Å². The van der Waals surface area contributed by atoms with Gasteiger partial charge in [-0.2, -0.15) is 0 Å². The smallest absolute Gasteiger partial charge is 0.0755 e. The molecule has 0 fully saturated rings. The lowest BCUT2D eigenvalue weighted by atomic mass is 9.64. The van der Waals surface area contributed by atoms with E-state index in [-0.39, 0.29) is 0 Å². The standard InChI is InChI=1S/C65H44N2/c1-3-15-45(16-4-1)48-33-37-54(38-34-48)66(55-39-35-49(36-40-55)47-27-29-50(30-28-47)52-32-31-46-17-7-8-18-51(46)43-52)56-41-42-58-57-21-9-10-22-59(57)65(62(58)44-56)60-23-11-13-25-63(60)67(53-19-5-2-6-20-53)64-26-14-12-24-61(64)65/h1-44H. The molecule has 2 aliphatic rings. The van der Waals surface area contributed by atoms with Crippen molar-refractivity contribution in [2.75, 3.05) is 9.80 Å². The lowest BCUT2D eigenvalue weighted by Gasteiger charge is -2.45. The first-order valence-electron chi connectivity index (χ1n) is 23.2. The van der Waals surface area contributed by atoms with Crippen molar-refractivity contribution >= 4 is 44.9 Å². The summed E-state index contributed by atoms with van der Waals surface area (Å²) in [5, 5.41) is 2.51. The molecular formula is C65H44N2. The lowest BCUT2D eigenvalue weighted by molar-refractivity contribution is 0.752. The van der Waals surface area contributed by atoms with Crippen LogP contribution in [-0.2, 0) is 5.41 Å². The SMILES string of the molecule is c1ccc(-c2ccc(N(c3ccc(-c4ccc(-c5ccc6ccccc6c5)cc4)cc3)c3ccc4c(c3)C3(c5ccccc5-4)c4ccccc4N(c4ccccc4)c4ccccc43)cc2)cc1. The molecule has 1 spiro atoms. The number of hydrogen-bond donors (Lipinski definition) is 0. The number of anilines is 6. The fourth-order valence-electron chi connectivity index (χ4n) is 11.0. The minimum atomic E-state index is -0.563. The van der Waals surface area contributed by atoms with Gasteiger partial charge in [0.2, 0.25) is 0 Å². The van der Waals surface area contributed by atoms with Crippen LogP contribution in [0.4, 0.5) is 34.1 Å². The van der Waals surface area contributed by atoms with E-state index in [4.69, 9.17) is 0 Å². The summed E-state index contributed by atoms with van der Waals surface area (Å²) in [6, 6.07) is 98.1. The molecule has 2 nitrogen and oxygen atoms in total. The molecule has 0 radical (unpaired) electrons. The van der Waals surface area contributed by atoms with Gasteiger partial charge in [0, 0.05) is 22.7 Å². The fourth-order valence-corrected chi connectivity index (χ4v) is 11.0. The monoisotopic (exact) mass is 852 g/mol. The van der Waals surface area contributed by atoms with E-state index in [1.54, 1.807) is 0 Å². The van der Waals surface area contributed by atoms with Crippen LogP contribution in [0.15, 0.2) is 267 Å². The van der Waals surface area contributed by atoms with Gasteiger partial charge in [0.15, 0.2) is 0 Å². The van der Waals surface area contributed by atoms with Crippen molar-refractivity contribution in [3.05, 3.63) is 289 Å². The molecule has 13 rings (SSSR count). The van der Waals surface area contributed by atoms with Crippen LogP contribution in [-0.4, -0.2) is 0 Å². The second kappa shape index (κ2) is 15.8. The molecule has 11 aromatic carbocycles. The van der Waals surface area contributed by atoms with E-state index in [0.29, 0.717) is 0 Å². The van der Waals surface area contributed by atoms with Crippen LogP contribution >= 0.6 is 0 Å². The normalized spacial score (nSPS) is 12.9. The van der Waals surface area contributed by atoms with E-state index >= 15 is 0 Å². The predicted octanol–water partition coefficient (Wildman–Crippen LogP) is 17.5. The Hall–Kier alpha value is -8.72. The molecule has 0 amide bonds. The highest BCUT2D eigenvalue weighted by atomic mass is 15.2. The molecule has 1 heterocycles. The highest BCUT2D eigenvalue weighted by Crippen LogP contribution is 2.64. The van der Waals surface area contributed by atoms with Gasteiger partial charge in [-0.1, -0.05) is 200 Å². The first-order valence-corrected chi connectivity index (χ1v) is 23.2. The molecule has 2 heteroatoms. The quantitative estimate of drug-likeness (QED) is 0.158. The number of hydrogen-bond acceptors (Lipinski definition) is 2. The van der Waals surface area contributed by atoms with Gasteiger partial charge in [-0.25, -0.2) is 0 Å². The topological polar surface area (TPSA) is 6.48 Å². The minimum Gasteiger partial charge on any atom is -0.310 e. The molecular weight excluding hydrogens is 809 g/mol. The molecule has 1 aliphatic carbocycles. The van der Waals surface area contributed by atoms with Crippen molar-refractivity contribution in [3.8, 4) is 44.5 Å². The zero-order chi connectivity index (χ0) is 44.3. The van der Waals surface area contributed by atoms with Crippen LogP contribution in [0.25, 0.3) is 55.3 Å². The third-order valence-electron chi connectivity index (χ3n) is 14.1. The maximum absolute atomic E-state index is 2.48. The second-order valence-corrected chi connectivity index (χ2v) is 17.7. The summed E-state index contributed by atoms with van der Waals surface area (Å²) in [7, 11) is 0. The van der Waals surface area contributed by atoms with Gasteiger partial charge in [0.05, 0.1) is 16.8 Å². The number of para-hydroxylation sites is 3. The summed E-state index contributed by atoms with van der Waals surface area (Å²) in [4.78, 5) is 4.87. The summed E-state index contributed by atoms with van der Waals surface area (Å²) in [6.45, 7) is 0. The maximum atomic E-state index is 2.48. The van der Waals surface area contributed by atoms with Crippen LogP contribution in [0.2, 0.25) is 0 Å². The molecule has 1 aliphatic heterocycles. The summed E-state index contributed by atoms with van der Waals surface area (Å²) in [5.41, 5.74) is 21.1. The Balaban J connectivity index is 0.955. The Labute approximate surface area is 391 Å². The molecule has 0 N–H and O–H groups in total. The molecule has 0 saturated heterocycles. The van der Waals surface area contributed by atoms with E-state index in [2.05, 4.69) is 277 Å². The lowest BCUT2D eigenvalue weighted by Crippen LogP contribution is -2.36. The molecule has 314 valence electrons. The number of rotatable bonds is 7. The van der Waals surface area contributed by atoms with Crippen molar-refractivity contribution < 1.29 is 0 Å². The largest absolute Gasteiger partial charge is 0.310 e. The van der Waals surface area contributed by atoms with Crippen LogP contribution in [0.3, 0.4) is 0 Å². The van der Waals surface area contributed by atoms with E-state index in [9.17, 15) is 0 Å². The summed E-state index contributed by atoms with van der Waals surface area (Å²) in [5.74, 6) is 0. The number of fused-ring (bicyclic) bond motifs is 10. The average molecular weight is 853 g/mol. The van der Waals surface area contributed by atoms with Crippen molar-refractivity contribution in [2.45, 2.75) is 5.41 Å². The van der Waals surface area contributed by atoms with E-state index < -0.39 is 5.41 Å². The molecule has 0 bridgehead atoms. The Morgan fingerprint density at radius 1 is 0.269 bits per heavy atom. The zero-order valence-corrected chi connectivity index (χ0v) is 36.8. The molecule has 0 saturated carbocycles. The number of nitrogens with zero attached hydrogens (tertiary/aromatic N) is 2. The van der Waals surface area contributed by atoms with E-state index in [1.807, 2.05) is 0 Å². The fraction of sp³-hybridized carbons (Fsp3) is 0.0154. The molecule has 0 atom stereocenters. The molecule has 67 heavy (non-hydrogen) atoms. The number of benzene rings is 11. The molecule has 0 aromatic heterocycles. The van der Waals surface area contributed by atoms with Gasteiger partial charge in [0.1, 0.15) is 0 Å². The van der Waals surface area contributed by atoms with Gasteiger partial charge in [-0.3, -0.25) is 0 Å². The van der Waals surface area contributed by atoms with Crippen LogP contribution in [0, 0.1) is 0 Å². The Bertz CT molecular complexity index is 3570. The van der Waals surface area contributed by atoms with Gasteiger partial charge < -0.3 is 9.80 Å². The Kier molecular flexibility index (Phi) is 9.11. The third kappa shape index (κ3) is 6.26. The van der Waals surface area contributed by atoms with Crippen molar-refractivity contribution in [3.63, 3.8) is 0 Å². The highest BCUT2D eigenvalue weighted by Gasteiger charge is 2.51. The highest BCUT2D eigenvalue weighted by molar-refractivity contribution is 5.97. The average Bonchev–Trinajstić information content (AvgIpc) is 3.69. The van der Waals surface area contributed by atoms with Crippen LogP contribution < -0.4 is 9.80 Å². The minimum absolute atomic E-state index is 0.563. The van der Waals surface area contributed by atoms with Gasteiger partial charge in [-0.15, -0.1) is 0 Å². The van der Waals surface area contributed by atoms with Crippen molar-refractivity contribution in [1.82, 2.24) is 0 Å². The van der Waals surface area contributed by atoms with Gasteiger partial charge >= 0.3 is 0 Å². The summed E-state index contributed by atoms with van der Waals surface area (Å²) in [6.07, 6.45) is 0. The van der Waals surface area contributed by atoms with Crippen molar-refractivity contribution in [1.29, 1.82) is 0 Å². The first kappa shape index (κ1) is 38.7. The first-order chi connectivity index (χ1) is 33.2. The zero-order valence-electron chi connectivity index (χ0n) is 36.8. The Morgan fingerprint density at radius 2 is 0.701 bits per heavy atom. The van der Waals surface area contributed by atoms with E-state index in [1.165, 1.54) is 88.9 Å². The predicted molar refractivity (Wildman–Crippen MR) is 280 cm³/mol. The van der Waals surface area contributed by atoms with Crippen LogP contribution in [0.1, 0.15) is 22.3 Å². The Morgan fingerprint density at radius 3 is 1.33 bits per heavy atom.